The lowest BCUT2D eigenvalue weighted by Crippen LogP contribution is -2.10. The zero-order valence-corrected chi connectivity index (χ0v) is 5.24. The average molecular weight is 154 g/mol. The Morgan fingerprint density at radius 3 is 2.11 bits per heavy atom. The molecule has 0 aliphatic heterocycles. The highest BCUT2D eigenvalue weighted by Gasteiger charge is 2.10. The molecule has 0 atom stereocenters. The van der Waals surface area contributed by atoms with Crippen LogP contribution in [0.15, 0.2) is 0 Å². The Bertz CT molecular complexity index is 231. The molecule has 52 valence electrons. The molecule has 9 heavy (non-hydrogen) atoms. The lowest BCUT2D eigenvalue weighted by atomic mass is 10.8. The molecule has 0 aromatic heterocycles. The maximum absolute atomic E-state index is 11.7. The van der Waals surface area contributed by atoms with Crippen LogP contribution in [0.4, 0.5) is 4.39 Å². The van der Waals surface area contributed by atoms with Crippen molar-refractivity contribution in [3.05, 3.63) is 0 Å². The van der Waals surface area contributed by atoms with Gasteiger partial charge in [0.05, 0.1) is 7.11 Å². The third-order valence-corrected chi connectivity index (χ3v) is 0.952. The number of carbonyl (C=O) groups excluding carboxylic acids is 1. The topological polar surface area (TPSA) is 60.4 Å². The summed E-state index contributed by atoms with van der Waals surface area (Å²) >= 11 is 0. The molecule has 0 fully saturated rings. The number of rotatable bonds is 1. The first-order chi connectivity index (χ1) is 4.09. The van der Waals surface area contributed by atoms with Gasteiger partial charge < -0.3 is 4.74 Å². The summed E-state index contributed by atoms with van der Waals surface area (Å²) < 4.78 is 34.7. The van der Waals surface area contributed by atoms with E-state index < -0.39 is 21.4 Å². The standard InChI is InChI=1S/C3H3FO4S/c1-8-3(5)2(4)9(6)7/h1H3. The van der Waals surface area contributed by atoms with Crippen molar-refractivity contribution in [3.63, 3.8) is 0 Å². The van der Waals surface area contributed by atoms with Crippen molar-refractivity contribution in [2.45, 2.75) is 0 Å². The predicted molar refractivity (Wildman–Crippen MR) is 27.1 cm³/mol. The fourth-order valence-electron chi connectivity index (χ4n) is 0.148. The van der Waals surface area contributed by atoms with Gasteiger partial charge in [-0.25, -0.2) is 4.79 Å². The quantitative estimate of drug-likeness (QED) is 0.280. The number of esters is 1. The van der Waals surface area contributed by atoms with E-state index in [9.17, 15) is 17.6 Å². The molecule has 0 spiro atoms. The van der Waals surface area contributed by atoms with E-state index in [1.807, 2.05) is 0 Å². The van der Waals surface area contributed by atoms with Gasteiger partial charge in [0.1, 0.15) is 0 Å². The zero-order valence-electron chi connectivity index (χ0n) is 4.42. The maximum Gasteiger partial charge on any atom is 0.383 e. The van der Waals surface area contributed by atoms with Crippen LogP contribution in [0.1, 0.15) is 0 Å². The van der Waals surface area contributed by atoms with E-state index in [0.717, 1.165) is 7.11 Å². The highest BCUT2D eigenvalue weighted by molar-refractivity contribution is 7.74. The minimum absolute atomic E-state index is 0.884. The van der Waals surface area contributed by atoms with Crippen molar-refractivity contribution in [1.29, 1.82) is 0 Å². The molecule has 4 nitrogen and oxygen atoms in total. The van der Waals surface area contributed by atoms with E-state index in [4.69, 9.17) is 0 Å². The van der Waals surface area contributed by atoms with Crippen LogP contribution in [0.25, 0.3) is 0 Å². The van der Waals surface area contributed by atoms with Gasteiger partial charge in [-0.05, 0) is 0 Å². The summed E-state index contributed by atoms with van der Waals surface area (Å²) in [7, 11) is -2.23. The molecule has 0 aliphatic carbocycles. The molecule has 0 rings (SSSR count). The predicted octanol–water partition coefficient (Wildman–Crippen LogP) is -0.862. The summed E-state index contributed by atoms with van der Waals surface area (Å²) in [4.78, 5) is 9.93. The van der Waals surface area contributed by atoms with Gasteiger partial charge >= 0.3 is 11.1 Å². The normalized spacial score (nSPS) is 8.22. The van der Waals surface area contributed by atoms with E-state index in [0.29, 0.717) is 0 Å². The van der Waals surface area contributed by atoms with Crippen LogP contribution >= 0.6 is 0 Å². The molecule has 0 amide bonds. The smallest absolute Gasteiger partial charge is 0.383 e. The Morgan fingerprint density at radius 2 is 2.00 bits per heavy atom. The molecule has 6 heteroatoms. The first-order valence-corrected chi connectivity index (χ1v) is 2.87. The van der Waals surface area contributed by atoms with Crippen LogP contribution in [0, 0.1) is 0 Å². The molecule has 0 aromatic rings. The second-order valence-electron chi connectivity index (χ2n) is 1.000. The zero-order chi connectivity index (χ0) is 7.44. The molecular weight excluding hydrogens is 151 g/mol. The van der Waals surface area contributed by atoms with Gasteiger partial charge in [0.15, 0.2) is 0 Å². The van der Waals surface area contributed by atoms with Crippen molar-refractivity contribution in [2.24, 2.45) is 0 Å². The van der Waals surface area contributed by atoms with E-state index in [1.54, 1.807) is 0 Å². The molecule has 0 N–H and O–H groups in total. The van der Waals surface area contributed by atoms with Gasteiger partial charge in [-0.2, -0.15) is 12.8 Å². The number of halogens is 1. The molecule has 0 aromatic carbocycles. The number of methoxy groups -OCH3 is 1. The molecule has 0 unspecified atom stereocenters. The summed E-state index contributed by atoms with van der Waals surface area (Å²) in [6.07, 6.45) is 0. The summed E-state index contributed by atoms with van der Waals surface area (Å²) in [6, 6.07) is 0. The van der Waals surface area contributed by atoms with Crippen molar-refractivity contribution < 1.29 is 22.3 Å². The second-order valence-corrected chi connectivity index (χ2v) is 1.83. The summed E-state index contributed by atoms with van der Waals surface area (Å²) in [5, 5.41) is -1.81. The number of hydrogen-bond donors (Lipinski definition) is 0. The van der Waals surface area contributed by atoms with Crippen LogP contribution in [0.5, 0.6) is 0 Å². The first kappa shape index (κ1) is 8.09. The fraction of sp³-hybridized carbons (Fsp3) is 0.333. The third kappa shape index (κ3) is 2.22. The summed E-state index contributed by atoms with van der Waals surface area (Å²) in [6.45, 7) is 0. The van der Waals surface area contributed by atoms with Crippen LogP contribution < -0.4 is 0 Å². The molecule has 0 bridgehead atoms. The highest BCUT2D eigenvalue weighted by Crippen LogP contribution is 1.79. The largest absolute Gasteiger partial charge is 0.463 e. The Labute approximate surface area is 51.8 Å². The van der Waals surface area contributed by atoms with Crippen LogP contribution in [-0.4, -0.2) is 26.6 Å². The Hall–Kier alpha value is -0.910. The summed E-state index contributed by atoms with van der Waals surface area (Å²) in [5.41, 5.74) is 0. The number of carbonyl (C=O) groups is 1. The monoisotopic (exact) mass is 154 g/mol. The minimum Gasteiger partial charge on any atom is -0.463 e. The summed E-state index contributed by atoms with van der Waals surface area (Å²) in [5.74, 6) is -1.48. The average Bonchev–Trinajstić information content (AvgIpc) is 1.84. The van der Waals surface area contributed by atoms with Gasteiger partial charge in [0.2, 0.25) is 0 Å². The van der Waals surface area contributed by atoms with Gasteiger partial charge in [-0.3, -0.25) is 0 Å². The van der Waals surface area contributed by atoms with Gasteiger partial charge in [0, 0.05) is 0 Å². The van der Waals surface area contributed by atoms with Crippen molar-refractivity contribution >= 4 is 21.4 Å². The number of ether oxygens (including phenoxy) is 1. The lowest BCUT2D eigenvalue weighted by molar-refractivity contribution is -0.133. The molecule has 0 radical (unpaired) electrons. The van der Waals surface area contributed by atoms with Gasteiger partial charge in [-0.15, -0.1) is 0 Å². The number of hydrogen-bond acceptors (Lipinski definition) is 4. The van der Waals surface area contributed by atoms with Crippen molar-refractivity contribution in [2.75, 3.05) is 7.11 Å². The highest BCUT2D eigenvalue weighted by atomic mass is 32.2. The van der Waals surface area contributed by atoms with Crippen LogP contribution in [0.2, 0.25) is 0 Å². The van der Waals surface area contributed by atoms with Gasteiger partial charge in [0.25, 0.3) is 10.3 Å². The molecule has 0 saturated carbocycles. The van der Waals surface area contributed by atoms with E-state index >= 15 is 0 Å². The molecule has 0 aliphatic rings. The first-order valence-electron chi connectivity index (χ1n) is 1.79. The van der Waals surface area contributed by atoms with Gasteiger partial charge in [-0.1, -0.05) is 0 Å². The van der Waals surface area contributed by atoms with Crippen molar-refractivity contribution in [3.8, 4) is 0 Å². The van der Waals surface area contributed by atoms with Crippen molar-refractivity contribution in [1.82, 2.24) is 0 Å². The molecular formula is C3H3FO4S. The third-order valence-electron chi connectivity index (χ3n) is 0.492. The maximum atomic E-state index is 11.7. The molecule has 0 heterocycles. The minimum atomic E-state index is -3.11. The lowest BCUT2D eigenvalue weighted by Gasteiger charge is -1.86. The Balaban J connectivity index is 4.62. The Kier molecular flexibility index (Phi) is 2.86. The van der Waals surface area contributed by atoms with E-state index in [-0.39, 0.29) is 0 Å². The molecule has 0 saturated heterocycles. The van der Waals surface area contributed by atoms with Crippen LogP contribution in [-0.2, 0) is 19.8 Å². The SMILES string of the molecule is COC(=O)C(F)=S(=O)=O. The van der Waals surface area contributed by atoms with Crippen LogP contribution in [0.3, 0.4) is 0 Å². The second kappa shape index (κ2) is 3.18. The van der Waals surface area contributed by atoms with E-state index in [2.05, 4.69) is 4.74 Å². The fourth-order valence-corrected chi connectivity index (χ4v) is 0.368. The van der Waals surface area contributed by atoms with E-state index in [1.165, 1.54) is 0 Å². The Morgan fingerprint density at radius 1 is 1.56 bits per heavy atom.